The van der Waals surface area contributed by atoms with Crippen molar-refractivity contribution < 1.29 is 8.42 Å². The number of hydrogen-bond acceptors (Lipinski definition) is 2. The molecule has 0 aromatic heterocycles. The molecule has 0 spiro atoms. The predicted octanol–water partition coefficient (Wildman–Crippen LogP) is 2.96. The molecule has 1 rings (SSSR count). The summed E-state index contributed by atoms with van der Waals surface area (Å²) in [7, 11) is -3.24. The molecule has 0 unspecified atom stereocenters. The van der Waals surface area contributed by atoms with E-state index in [1.54, 1.807) is 19.9 Å². The van der Waals surface area contributed by atoms with Crippen LogP contribution in [-0.2, 0) is 10.0 Å². The van der Waals surface area contributed by atoms with Gasteiger partial charge in [0, 0.05) is 5.69 Å². The summed E-state index contributed by atoms with van der Waals surface area (Å²) >= 11 is 0. The molecule has 0 fully saturated rings. The van der Waals surface area contributed by atoms with Crippen molar-refractivity contribution in [1.29, 1.82) is 0 Å². The second kappa shape index (κ2) is 4.87. The Morgan fingerprint density at radius 3 is 2.25 bits per heavy atom. The van der Waals surface area contributed by atoms with Gasteiger partial charge in [0.15, 0.2) is 0 Å². The van der Waals surface area contributed by atoms with Gasteiger partial charge in [-0.25, -0.2) is 8.42 Å². The molecule has 0 saturated carbocycles. The highest BCUT2D eigenvalue weighted by Gasteiger charge is 2.15. The van der Waals surface area contributed by atoms with Gasteiger partial charge >= 0.3 is 0 Å². The van der Waals surface area contributed by atoms with Crippen molar-refractivity contribution in [2.75, 3.05) is 4.72 Å². The maximum Gasteiger partial charge on any atom is 0.235 e. The van der Waals surface area contributed by atoms with E-state index in [1.165, 1.54) is 0 Å². The molecule has 90 valence electrons. The molecule has 0 atom stereocenters. The normalized spacial score (nSPS) is 12.1. The highest BCUT2D eigenvalue weighted by molar-refractivity contribution is 7.93. The maximum atomic E-state index is 11.7. The van der Waals surface area contributed by atoms with Crippen LogP contribution in [0.15, 0.2) is 24.3 Å². The Kier molecular flexibility index (Phi) is 3.97. The molecule has 3 nitrogen and oxygen atoms in total. The van der Waals surface area contributed by atoms with Gasteiger partial charge < -0.3 is 0 Å². The first kappa shape index (κ1) is 13.0. The number of rotatable bonds is 4. The number of nitrogens with one attached hydrogen (secondary N) is 1. The van der Waals surface area contributed by atoms with Crippen LogP contribution in [0.3, 0.4) is 0 Å². The summed E-state index contributed by atoms with van der Waals surface area (Å²) in [6, 6.07) is 7.52. The molecule has 1 aromatic rings. The monoisotopic (exact) mass is 241 g/mol. The Morgan fingerprint density at radius 2 is 1.75 bits per heavy atom. The van der Waals surface area contributed by atoms with Crippen LogP contribution < -0.4 is 4.72 Å². The molecule has 0 aliphatic carbocycles. The molecule has 0 aliphatic rings. The van der Waals surface area contributed by atoms with Crippen molar-refractivity contribution in [2.24, 2.45) is 0 Å². The molecule has 16 heavy (non-hydrogen) atoms. The molecule has 0 bridgehead atoms. The lowest BCUT2D eigenvalue weighted by atomic mass is 10.0. The lowest BCUT2D eigenvalue weighted by Gasteiger charge is -2.12. The van der Waals surface area contributed by atoms with Gasteiger partial charge in [0.2, 0.25) is 10.0 Å². The minimum absolute atomic E-state index is 0.392. The second-order valence-corrected chi connectivity index (χ2v) is 6.71. The lowest BCUT2D eigenvalue weighted by Crippen LogP contribution is -2.22. The van der Waals surface area contributed by atoms with Crippen molar-refractivity contribution in [3.8, 4) is 0 Å². The van der Waals surface area contributed by atoms with Crippen LogP contribution >= 0.6 is 0 Å². The van der Waals surface area contributed by atoms with E-state index in [-0.39, 0.29) is 0 Å². The summed E-state index contributed by atoms with van der Waals surface area (Å²) in [5, 5.41) is -0.421. The van der Waals surface area contributed by atoms with Crippen molar-refractivity contribution in [3.05, 3.63) is 29.8 Å². The van der Waals surface area contributed by atoms with Gasteiger partial charge in [0.25, 0.3) is 0 Å². The summed E-state index contributed by atoms with van der Waals surface area (Å²) in [4.78, 5) is 0. The van der Waals surface area contributed by atoms with Gasteiger partial charge in [-0.2, -0.15) is 0 Å². The van der Waals surface area contributed by atoms with E-state index in [1.807, 2.05) is 18.2 Å². The Hall–Kier alpha value is -1.03. The molecule has 4 heteroatoms. The van der Waals surface area contributed by atoms with Gasteiger partial charge in [-0.15, -0.1) is 0 Å². The van der Waals surface area contributed by atoms with Gasteiger partial charge in [-0.1, -0.05) is 26.0 Å². The van der Waals surface area contributed by atoms with Crippen LogP contribution in [0.4, 0.5) is 5.69 Å². The summed E-state index contributed by atoms with van der Waals surface area (Å²) in [6.07, 6.45) is 0. The minimum Gasteiger partial charge on any atom is -0.283 e. The molecule has 0 aliphatic heterocycles. The van der Waals surface area contributed by atoms with Crippen LogP contribution in [0.2, 0.25) is 0 Å². The first-order valence-electron chi connectivity index (χ1n) is 5.44. The summed E-state index contributed by atoms with van der Waals surface area (Å²) in [6.45, 7) is 7.48. The quantitative estimate of drug-likeness (QED) is 0.881. The van der Waals surface area contributed by atoms with E-state index >= 15 is 0 Å². The standard InChI is InChI=1S/C12H19NO2S/c1-9(2)11-6-5-7-12(8-11)13-16(14,15)10(3)4/h5-10,13H,1-4H3. The van der Waals surface area contributed by atoms with E-state index in [0.29, 0.717) is 11.6 Å². The summed E-state index contributed by atoms with van der Waals surface area (Å²) < 4.78 is 25.9. The Bertz CT molecular complexity index is 450. The molecule has 1 aromatic carbocycles. The zero-order chi connectivity index (χ0) is 12.3. The highest BCUT2D eigenvalue weighted by Crippen LogP contribution is 2.19. The summed E-state index contributed by atoms with van der Waals surface area (Å²) in [5.74, 6) is 0.392. The van der Waals surface area contributed by atoms with E-state index < -0.39 is 15.3 Å². The van der Waals surface area contributed by atoms with E-state index in [0.717, 1.165) is 5.56 Å². The average molecular weight is 241 g/mol. The maximum absolute atomic E-state index is 11.7. The zero-order valence-electron chi connectivity index (χ0n) is 10.2. The summed E-state index contributed by atoms with van der Waals surface area (Å²) in [5.41, 5.74) is 1.77. The largest absolute Gasteiger partial charge is 0.283 e. The van der Waals surface area contributed by atoms with Crippen LogP contribution in [0.25, 0.3) is 0 Å². The average Bonchev–Trinajstić information content (AvgIpc) is 2.17. The molecule has 0 heterocycles. The minimum atomic E-state index is -3.24. The number of hydrogen-bond donors (Lipinski definition) is 1. The number of anilines is 1. The third-order valence-corrected chi connectivity index (χ3v) is 4.20. The first-order chi connectivity index (χ1) is 7.33. The zero-order valence-corrected chi connectivity index (χ0v) is 11.0. The van der Waals surface area contributed by atoms with Crippen LogP contribution in [0, 0.1) is 0 Å². The Morgan fingerprint density at radius 1 is 1.12 bits per heavy atom. The van der Waals surface area contributed by atoms with Crippen molar-refractivity contribution >= 4 is 15.7 Å². The Balaban J connectivity index is 2.95. The number of benzene rings is 1. The molecule has 1 N–H and O–H groups in total. The SMILES string of the molecule is CC(C)c1cccc(NS(=O)(=O)C(C)C)c1. The first-order valence-corrected chi connectivity index (χ1v) is 6.99. The fourth-order valence-electron chi connectivity index (χ4n) is 1.24. The van der Waals surface area contributed by atoms with E-state index in [9.17, 15) is 8.42 Å². The van der Waals surface area contributed by atoms with Crippen molar-refractivity contribution in [1.82, 2.24) is 0 Å². The molecule has 0 saturated heterocycles. The fraction of sp³-hybridized carbons (Fsp3) is 0.500. The number of sulfonamides is 1. The van der Waals surface area contributed by atoms with Gasteiger partial charge in [-0.3, -0.25) is 4.72 Å². The molecular formula is C12H19NO2S. The smallest absolute Gasteiger partial charge is 0.235 e. The molecule has 0 radical (unpaired) electrons. The predicted molar refractivity (Wildman–Crippen MR) is 68.2 cm³/mol. The van der Waals surface area contributed by atoms with Crippen LogP contribution in [0.1, 0.15) is 39.2 Å². The van der Waals surface area contributed by atoms with E-state index in [2.05, 4.69) is 18.6 Å². The third kappa shape index (κ3) is 3.23. The lowest BCUT2D eigenvalue weighted by molar-refractivity contribution is 0.593. The second-order valence-electron chi connectivity index (χ2n) is 4.48. The van der Waals surface area contributed by atoms with Crippen LogP contribution in [-0.4, -0.2) is 13.7 Å². The van der Waals surface area contributed by atoms with Crippen LogP contribution in [0.5, 0.6) is 0 Å². The third-order valence-electron chi connectivity index (χ3n) is 2.43. The van der Waals surface area contributed by atoms with Crippen molar-refractivity contribution in [3.63, 3.8) is 0 Å². The van der Waals surface area contributed by atoms with Gasteiger partial charge in [0.1, 0.15) is 0 Å². The Labute approximate surface area is 97.9 Å². The van der Waals surface area contributed by atoms with Crippen molar-refractivity contribution in [2.45, 2.75) is 38.9 Å². The topological polar surface area (TPSA) is 46.2 Å². The van der Waals surface area contributed by atoms with Gasteiger partial charge in [-0.05, 0) is 37.5 Å². The van der Waals surface area contributed by atoms with Gasteiger partial charge in [0.05, 0.1) is 5.25 Å². The fourth-order valence-corrected chi connectivity index (χ4v) is 1.93. The molecular weight excluding hydrogens is 222 g/mol. The highest BCUT2D eigenvalue weighted by atomic mass is 32.2. The molecule has 0 amide bonds. The van der Waals surface area contributed by atoms with E-state index in [4.69, 9.17) is 0 Å².